The van der Waals surface area contributed by atoms with Crippen molar-refractivity contribution in [2.24, 2.45) is 0 Å². The standard InChI is InChI=1S/C22H13ClF2N4OS/c23-13-4-6-18-16(9-13)21(30)29(19-7-5-14(24)10-17(19)25)22(27-18)31-12-15-11-28-8-2-1-3-20(28)26-15/h1-11H,12H2. The van der Waals surface area contributed by atoms with Gasteiger partial charge in [0.2, 0.25) is 0 Å². The number of nitrogens with zero attached hydrogens (tertiary/aromatic N) is 4. The normalized spacial score (nSPS) is 11.5. The van der Waals surface area contributed by atoms with Crippen LogP contribution in [0.1, 0.15) is 5.69 Å². The van der Waals surface area contributed by atoms with Crippen molar-refractivity contribution in [3.63, 3.8) is 0 Å². The summed E-state index contributed by atoms with van der Waals surface area (Å²) >= 11 is 7.28. The average Bonchev–Trinajstić information content (AvgIpc) is 3.17. The lowest BCUT2D eigenvalue weighted by Crippen LogP contribution is -2.22. The number of thioether (sulfide) groups is 1. The van der Waals surface area contributed by atoms with Gasteiger partial charge in [-0.1, -0.05) is 29.4 Å². The second-order valence-electron chi connectivity index (χ2n) is 6.78. The van der Waals surface area contributed by atoms with E-state index in [1.807, 2.05) is 35.0 Å². The molecule has 0 amide bonds. The van der Waals surface area contributed by atoms with Crippen molar-refractivity contribution in [2.45, 2.75) is 10.9 Å². The summed E-state index contributed by atoms with van der Waals surface area (Å²) in [4.78, 5) is 22.4. The third-order valence-corrected chi connectivity index (χ3v) is 5.92. The van der Waals surface area contributed by atoms with Crippen LogP contribution in [-0.4, -0.2) is 18.9 Å². The monoisotopic (exact) mass is 454 g/mol. The van der Waals surface area contributed by atoms with E-state index in [1.165, 1.54) is 23.9 Å². The average molecular weight is 455 g/mol. The third-order valence-electron chi connectivity index (χ3n) is 4.71. The van der Waals surface area contributed by atoms with E-state index in [4.69, 9.17) is 11.6 Å². The van der Waals surface area contributed by atoms with Crippen molar-refractivity contribution in [3.8, 4) is 5.69 Å². The molecule has 5 aromatic rings. The molecular formula is C22H13ClF2N4OS. The van der Waals surface area contributed by atoms with Crippen molar-refractivity contribution in [1.82, 2.24) is 18.9 Å². The van der Waals surface area contributed by atoms with Crippen molar-refractivity contribution in [3.05, 3.63) is 99.7 Å². The van der Waals surface area contributed by atoms with Crippen molar-refractivity contribution in [2.75, 3.05) is 0 Å². The zero-order valence-corrected chi connectivity index (χ0v) is 17.4. The number of pyridine rings is 1. The Morgan fingerprint density at radius 1 is 1.03 bits per heavy atom. The van der Waals surface area contributed by atoms with Crippen molar-refractivity contribution < 1.29 is 8.78 Å². The van der Waals surface area contributed by atoms with Gasteiger partial charge in [-0.05, 0) is 42.5 Å². The molecule has 0 aliphatic rings. The molecule has 5 nitrogen and oxygen atoms in total. The van der Waals surface area contributed by atoms with Gasteiger partial charge in [-0.2, -0.15) is 0 Å². The van der Waals surface area contributed by atoms with Crippen LogP contribution < -0.4 is 5.56 Å². The van der Waals surface area contributed by atoms with Gasteiger partial charge in [-0.15, -0.1) is 0 Å². The maximum Gasteiger partial charge on any atom is 0.266 e. The van der Waals surface area contributed by atoms with E-state index in [9.17, 15) is 13.6 Å². The van der Waals surface area contributed by atoms with Gasteiger partial charge in [0, 0.05) is 29.2 Å². The van der Waals surface area contributed by atoms with Crippen LogP contribution in [-0.2, 0) is 5.75 Å². The van der Waals surface area contributed by atoms with Gasteiger partial charge in [-0.3, -0.25) is 9.36 Å². The third kappa shape index (κ3) is 3.68. The van der Waals surface area contributed by atoms with E-state index in [-0.39, 0.29) is 16.2 Å². The van der Waals surface area contributed by atoms with E-state index in [0.717, 1.165) is 28.0 Å². The van der Waals surface area contributed by atoms with E-state index >= 15 is 0 Å². The number of halogens is 3. The summed E-state index contributed by atoms with van der Waals surface area (Å²) in [6.07, 6.45) is 3.77. The number of imidazole rings is 1. The van der Waals surface area contributed by atoms with E-state index in [0.29, 0.717) is 16.3 Å². The molecule has 0 spiro atoms. The number of rotatable bonds is 4. The molecule has 0 aliphatic heterocycles. The lowest BCUT2D eigenvalue weighted by Gasteiger charge is -2.13. The first-order chi connectivity index (χ1) is 15.0. The number of fused-ring (bicyclic) bond motifs is 2. The highest BCUT2D eigenvalue weighted by molar-refractivity contribution is 7.98. The van der Waals surface area contributed by atoms with Crippen LogP contribution in [0.5, 0.6) is 0 Å². The zero-order valence-electron chi connectivity index (χ0n) is 15.8. The Bertz CT molecular complexity index is 1480. The Morgan fingerprint density at radius 3 is 2.71 bits per heavy atom. The van der Waals surface area contributed by atoms with Gasteiger partial charge in [0.1, 0.15) is 17.3 Å². The molecule has 0 saturated heterocycles. The molecular weight excluding hydrogens is 442 g/mol. The molecule has 0 aliphatic carbocycles. The topological polar surface area (TPSA) is 52.2 Å². The summed E-state index contributed by atoms with van der Waals surface area (Å²) in [6, 6.07) is 13.5. The molecule has 3 aromatic heterocycles. The Labute approximate surface area is 183 Å². The van der Waals surface area contributed by atoms with Gasteiger partial charge in [-0.25, -0.2) is 18.7 Å². The molecule has 9 heteroatoms. The van der Waals surface area contributed by atoms with Crippen molar-refractivity contribution >= 4 is 39.9 Å². The van der Waals surface area contributed by atoms with Crippen LogP contribution >= 0.6 is 23.4 Å². The second kappa shape index (κ2) is 7.79. The Hall–Kier alpha value is -3.23. The first-order valence-corrected chi connectivity index (χ1v) is 10.6. The highest BCUT2D eigenvalue weighted by atomic mass is 35.5. The smallest absolute Gasteiger partial charge is 0.266 e. The van der Waals surface area contributed by atoms with Crippen molar-refractivity contribution in [1.29, 1.82) is 0 Å². The van der Waals surface area contributed by atoms with Crippen LogP contribution in [0, 0.1) is 11.6 Å². The fourth-order valence-electron chi connectivity index (χ4n) is 3.30. The van der Waals surface area contributed by atoms with Gasteiger partial charge >= 0.3 is 0 Å². The molecule has 154 valence electrons. The summed E-state index contributed by atoms with van der Waals surface area (Å²) in [5, 5.41) is 0.873. The minimum Gasteiger partial charge on any atom is -0.307 e. The summed E-state index contributed by atoms with van der Waals surface area (Å²) in [5.41, 5.74) is 1.42. The lowest BCUT2D eigenvalue weighted by atomic mass is 10.2. The Morgan fingerprint density at radius 2 is 1.90 bits per heavy atom. The maximum atomic E-state index is 14.6. The Balaban J connectivity index is 1.64. The fraction of sp³-hybridized carbons (Fsp3) is 0.0455. The summed E-state index contributed by atoms with van der Waals surface area (Å²) in [7, 11) is 0. The van der Waals surface area contributed by atoms with Crippen LogP contribution in [0.25, 0.3) is 22.2 Å². The van der Waals surface area contributed by atoms with Gasteiger partial charge < -0.3 is 4.40 Å². The molecule has 0 N–H and O–H groups in total. The predicted octanol–water partition coefficient (Wildman–Crippen LogP) is 5.26. The predicted molar refractivity (Wildman–Crippen MR) is 117 cm³/mol. The molecule has 0 unspecified atom stereocenters. The first-order valence-electron chi connectivity index (χ1n) is 9.23. The van der Waals surface area contributed by atoms with Gasteiger partial charge in [0.05, 0.1) is 22.3 Å². The molecule has 0 radical (unpaired) electrons. The number of aromatic nitrogens is 4. The lowest BCUT2D eigenvalue weighted by molar-refractivity contribution is 0.572. The SMILES string of the molecule is O=c1c2cc(Cl)ccc2nc(SCc2cn3ccccc3n2)n1-c1ccc(F)cc1F. The number of benzene rings is 2. The fourth-order valence-corrected chi connectivity index (χ4v) is 4.37. The van der Waals surface area contributed by atoms with E-state index < -0.39 is 17.2 Å². The minimum atomic E-state index is -0.861. The van der Waals surface area contributed by atoms with Gasteiger partial charge in [0.15, 0.2) is 5.16 Å². The van der Waals surface area contributed by atoms with Gasteiger partial charge in [0.25, 0.3) is 5.56 Å². The zero-order chi connectivity index (χ0) is 21.5. The second-order valence-corrected chi connectivity index (χ2v) is 8.16. The maximum absolute atomic E-state index is 14.6. The molecule has 0 fully saturated rings. The van der Waals surface area contributed by atoms with Crippen LogP contribution in [0.4, 0.5) is 8.78 Å². The van der Waals surface area contributed by atoms with Crippen LogP contribution in [0.15, 0.2) is 76.9 Å². The van der Waals surface area contributed by atoms with E-state index in [1.54, 1.807) is 12.1 Å². The van der Waals surface area contributed by atoms with Crippen LogP contribution in [0.3, 0.4) is 0 Å². The summed E-state index contributed by atoms with van der Waals surface area (Å²) in [5.74, 6) is -1.19. The summed E-state index contributed by atoms with van der Waals surface area (Å²) < 4.78 is 31.1. The molecule has 0 saturated carbocycles. The number of hydrogen-bond acceptors (Lipinski definition) is 4. The van der Waals surface area contributed by atoms with Crippen LogP contribution in [0.2, 0.25) is 5.02 Å². The highest BCUT2D eigenvalue weighted by Gasteiger charge is 2.17. The van der Waals surface area contributed by atoms with E-state index in [2.05, 4.69) is 9.97 Å². The minimum absolute atomic E-state index is 0.0849. The quantitative estimate of drug-likeness (QED) is 0.274. The largest absolute Gasteiger partial charge is 0.307 e. The first kappa shape index (κ1) is 19.7. The molecule has 0 atom stereocenters. The highest BCUT2D eigenvalue weighted by Crippen LogP contribution is 2.27. The molecule has 2 aromatic carbocycles. The Kier molecular flexibility index (Phi) is 4.95. The molecule has 5 rings (SSSR count). The molecule has 31 heavy (non-hydrogen) atoms. The summed E-state index contributed by atoms with van der Waals surface area (Å²) in [6.45, 7) is 0. The number of hydrogen-bond donors (Lipinski definition) is 0. The molecule has 0 bridgehead atoms. The molecule has 3 heterocycles.